The summed E-state index contributed by atoms with van der Waals surface area (Å²) in [5.41, 5.74) is 0. The second kappa shape index (κ2) is 8.00. The van der Waals surface area contributed by atoms with Crippen molar-refractivity contribution in [2.75, 3.05) is 13.2 Å². The first kappa shape index (κ1) is 17.5. The van der Waals surface area contributed by atoms with E-state index < -0.39 is 23.8 Å². The van der Waals surface area contributed by atoms with Crippen LogP contribution in [0.1, 0.15) is 46.5 Å². The molecule has 0 unspecified atom stereocenters. The largest absolute Gasteiger partial charge is 0.481 e. The minimum absolute atomic E-state index is 0.118. The Hall–Kier alpha value is -1.59. The van der Waals surface area contributed by atoms with E-state index in [1.54, 1.807) is 6.92 Å². The van der Waals surface area contributed by atoms with E-state index in [0.717, 1.165) is 12.8 Å². The topological polar surface area (TPSA) is 83.9 Å². The third-order valence-corrected chi connectivity index (χ3v) is 3.91. The van der Waals surface area contributed by atoms with E-state index >= 15 is 0 Å². The zero-order chi connectivity index (χ0) is 16.0. The highest BCUT2D eigenvalue weighted by Gasteiger charge is 2.38. The number of rotatable bonds is 6. The molecular weight excluding hydrogens is 274 g/mol. The van der Waals surface area contributed by atoms with Crippen LogP contribution in [0.15, 0.2) is 0 Å². The molecule has 0 aromatic heterocycles. The van der Waals surface area contributed by atoms with Gasteiger partial charge in [-0.25, -0.2) is 0 Å². The third-order valence-electron chi connectivity index (χ3n) is 3.91. The molecule has 1 aliphatic rings. The van der Waals surface area contributed by atoms with Crippen LogP contribution in [0.4, 0.5) is 0 Å². The highest BCUT2D eigenvalue weighted by molar-refractivity contribution is 5.87. The van der Waals surface area contributed by atoms with Gasteiger partial charge in [0.25, 0.3) is 0 Å². The Morgan fingerprint density at radius 3 is 2.24 bits per heavy atom. The molecule has 21 heavy (non-hydrogen) atoms. The van der Waals surface area contributed by atoms with Crippen molar-refractivity contribution in [3.63, 3.8) is 0 Å². The highest BCUT2D eigenvalue weighted by atomic mass is 16.5. The Bertz CT molecular complexity index is 394. The number of amides is 1. The molecule has 0 spiro atoms. The van der Waals surface area contributed by atoms with Crippen LogP contribution in [0.3, 0.4) is 0 Å². The lowest BCUT2D eigenvalue weighted by atomic mass is 9.78. The molecule has 1 amide bonds. The molecule has 1 N–H and O–H groups in total. The van der Waals surface area contributed by atoms with Crippen LogP contribution in [0.25, 0.3) is 0 Å². The van der Waals surface area contributed by atoms with Gasteiger partial charge in [0.15, 0.2) is 0 Å². The zero-order valence-corrected chi connectivity index (χ0v) is 13.0. The molecule has 1 rings (SSSR count). The lowest BCUT2D eigenvalue weighted by Crippen LogP contribution is -2.47. The average Bonchev–Trinajstić information content (AvgIpc) is 2.44. The molecule has 0 heterocycles. The van der Waals surface area contributed by atoms with Gasteiger partial charge in [-0.2, -0.15) is 0 Å². The van der Waals surface area contributed by atoms with Crippen LogP contribution < -0.4 is 0 Å². The van der Waals surface area contributed by atoms with E-state index in [2.05, 4.69) is 0 Å². The monoisotopic (exact) mass is 299 g/mol. The summed E-state index contributed by atoms with van der Waals surface area (Å²) in [6.45, 7) is 5.49. The molecule has 0 radical (unpaired) electrons. The number of hydrogen-bond acceptors (Lipinski definition) is 4. The smallest absolute Gasteiger partial charge is 0.325 e. The molecule has 120 valence electrons. The summed E-state index contributed by atoms with van der Waals surface area (Å²) in [4.78, 5) is 37.0. The number of carboxylic acid groups (broad SMARTS) is 1. The molecule has 0 aliphatic heterocycles. The van der Waals surface area contributed by atoms with Gasteiger partial charge in [0.2, 0.25) is 5.91 Å². The van der Waals surface area contributed by atoms with Gasteiger partial charge >= 0.3 is 11.9 Å². The first-order chi connectivity index (χ1) is 9.88. The molecule has 0 aromatic rings. The first-order valence-corrected chi connectivity index (χ1v) is 7.57. The quantitative estimate of drug-likeness (QED) is 0.754. The van der Waals surface area contributed by atoms with Crippen molar-refractivity contribution in [1.29, 1.82) is 0 Å². The maximum absolute atomic E-state index is 12.6. The SMILES string of the molecule is CCOC(=O)CN(C(=O)[C@@H]1CCCC[C@H]1C(=O)O)C(C)C. The van der Waals surface area contributed by atoms with Crippen LogP contribution in [-0.2, 0) is 19.1 Å². The lowest BCUT2D eigenvalue weighted by Gasteiger charge is -2.34. The van der Waals surface area contributed by atoms with Crippen LogP contribution in [0.5, 0.6) is 0 Å². The standard InChI is InChI=1S/C15H25NO5/c1-4-21-13(17)9-16(10(2)3)14(18)11-7-5-6-8-12(11)15(19)20/h10-12H,4-9H2,1-3H3,(H,19,20)/t11-,12-/m1/s1. The van der Waals surface area contributed by atoms with E-state index in [4.69, 9.17) is 4.74 Å². The summed E-state index contributed by atoms with van der Waals surface area (Å²) < 4.78 is 4.89. The number of nitrogens with zero attached hydrogens (tertiary/aromatic N) is 1. The van der Waals surface area contributed by atoms with E-state index in [9.17, 15) is 19.5 Å². The molecule has 0 saturated heterocycles. The van der Waals surface area contributed by atoms with Crippen molar-refractivity contribution in [3.05, 3.63) is 0 Å². The van der Waals surface area contributed by atoms with E-state index in [-0.39, 0.29) is 25.1 Å². The average molecular weight is 299 g/mol. The van der Waals surface area contributed by atoms with Crippen molar-refractivity contribution in [2.24, 2.45) is 11.8 Å². The molecule has 1 saturated carbocycles. The molecule has 0 bridgehead atoms. The molecule has 0 aromatic carbocycles. The van der Waals surface area contributed by atoms with Crippen LogP contribution >= 0.6 is 0 Å². The summed E-state index contributed by atoms with van der Waals surface area (Å²) in [6.07, 6.45) is 2.78. The lowest BCUT2D eigenvalue weighted by molar-refractivity contribution is -0.156. The third kappa shape index (κ3) is 4.72. The van der Waals surface area contributed by atoms with Crippen LogP contribution in [0, 0.1) is 11.8 Å². The van der Waals surface area contributed by atoms with E-state index in [1.165, 1.54) is 4.90 Å². The second-order valence-electron chi connectivity index (χ2n) is 5.70. The maximum atomic E-state index is 12.6. The molecule has 2 atom stereocenters. The normalized spacial score (nSPS) is 21.9. The maximum Gasteiger partial charge on any atom is 0.325 e. The predicted octanol–water partition coefficient (Wildman–Crippen LogP) is 1.68. The number of carbonyl (C=O) groups is 3. The number of aliphatic carboxylic acids is 1. The number of ether oxygens (including phenoxy) is 1. The molecule has 6 heteroatoms. The Morgan fingerprint density at radius 1 is 1.19 bits per heavy atom. The van der Waals surface area contributed by atoms with Gasteiger partial charge in [-0.1, -0.05) is 12.8 Å². The fraction of sp³-hybridized carbons (Fsp3) is 0.800. The van der Waals surface area contributed by atoms with Crippen LogP contribution in [-0.4, -0.2) is 47.0 Å². The summed E-state index contributed by atoms with van der Waals surface area (Å²) in [6, 6.07) is -0.168. The number of esters is 1. The highest BCUT2D eigenvalue weighted by Crippen LogP contribution is 2.32. The number of carboxylic acids is 1. The van der Waals surface area contributed by atoms with E-state index in [0.29, 0.717) is 12.8 Å². The van der Waals surface area contributed by atoms with Gasteiger partial charge in [0, 0.05) is 6.04 Å². The summed E-state index contributed by atoms with van der Waals surface area (Å²) in [7, 11) is 0. The Morgan fingerprint density at radius 2 is 1.76 bits per heavy atom. The molecular formula is C15H25NO5. The van der Waals surface area contributed by atoms with E-state index in [1.807, 2.05) is 13.8 Å². The molecule has 1 aliphatic carbocycles. The van der Waals surface area contributed by atoms with Crippen molar-refractivity contribution in [3.8, 4) is 0 Å². The van der Waals surface area contributed by atoms with Gasteiger partial charge in [0.1, 0.15) is 6.54 Å². The second-order valence-corrected chi connectivity index (χ2v) is 5.70. The van der Waals surface area contributed by atoms with Crippen LogP contribution in [0.2, 0.25) is 0 Å². The Labute approximate surface area is 125 Å². The van der Waals surface area contributed by atoms with Gasteiger partial charge in [-0.05, 0) is 33.6 Å². The van der Waals surface area contributed by atoms with Crippen molar-refractivity contribution in [1.82, 2.24) is 4.90 Å². The summed E-state index contributed by atoms with van der Waals surface area (Å²) in [5, 5.41) is 9.28. The van der Waals surface area contributed by atoms with Gasteiger partial charge < -0.3 is 14.7 Å². The number of carbonyl (C=O) groups excluding carboxylic acids is 2. The fourth-order valence-corrected chi connectivity index (χ4v) is 2.80. The Balaban J connectivity index is 2.83. The van der Waals surface area contributed by atoms with Crippen molar-refractivity contribution < 1.29 is 24.2 Å². The van der Waals surface area contributed by atoms with Gasteiger partial charge in [-0.15, -0.1) is 0 Å². The summed E-state index contributed by atoms with van der Waals surface area (Å²) in [5.74, 6) is -2.80. The fourth-order valence-electron chi connectivity index (χ4n) is 2.80. The van der Waals surface area contributed by atoms with Gasteiger partial charge in [-0.3, -0.25) is 14.4 Å². The van der Waals surface area contributed by atoms with Crippen molar-refractivity contribution >= 4 is 17.8 Å². The minimum Gasteiger partial charge on any atom is -0.481 e. The Kier molecular flexibility index (Phi) is 6.65. The molecule has 1 fully saturated rings. The van der Waals surface area contributed by atoms with Gasteiger partial charge in [0.05, 0.1) is 18.4 Å². The first-order valence-electron chi connectivity index (χ1n) is 7.57. The minimum atomic E-state index is -0.923. The zero-order valence-electron chi connectivity index (χ0n) is 13.0. The predicted molar refractivity (Wildman–Crippen MR) is 76.6 cm³/mol. The molecule has 6 nitrogen and oxygen atoms in total. The number of hydrogen-bond donors (Lipinski definition) is 1. The van der Waals surface area contributed by atoms with Crippen molar-refractivity contribution in [2.45, 2.75) is 52.5 Å². The summed E-state index contributed by atoms with van der Waals surface area (Å²) >= 11 is 0.